The third-order valence-electron chi connectivity index (χ3n) is 4.31. The number of carbonyl (C=O) groups excluding carboxylic acids is 2. The first-order valence-electron chi connectivity index (χ1n) is 8.42. The summed E-state index contributed by atoms with van der Waals surface area (Å²) in [5, 5.41) is 8.88. The molecule has 3 N–H and O–H groups in total. The Hall–Kier alpha value is -2.01. The van der Waals surface area contributed by atoms with Crippen molar-refractivity contribution in [2.75, 3.05) is 11.9 Å². The van der Waals surface area contributed by atoms with Crippen LogP contribution in [0.3, 0.4) is 0 Å². The largest absolute Gasteiger partial charge is 0.349 e. The number of hydrogen-bond donors (Lipinski definition) is 3. The minimum Gasteiger partial charge on any atom is -0.349 e. The van der Waals surface area contributed by atoms with E-state index in [-0.39, 0.29) is 18.0 Å². The number of rotatable bonds is 5. The summed E-state index contributed by atoms with van der Waals surface area (Å²) in [6.45, 7) is 0.659. The second kappa shape index (κ2) is 7.71. The molecule has 1 aromatic carbocycles. The molecule has 0 aromatic heterocycles. The molecule has 0 heterocycles. The van der Waals surface area contributed by atoms with Crippen LogP contribution in [0.5, 0.6) is 0 Å². The molecule has 1 saturated carbocycles. The number of anilines is 1. The highest BCUT2D eigenvalue weighted by Crippen LogP contribution is 2.24. The second-order valence-corrected chi connectivity index (χ2v) is 6.84. The van der Waals surface area contributed by atoms with E-state index < -0.39 is 0 Å². The van der Waals surface area contributed by atoms with Crippen molar-refractivity contribution in [3.05, 3.63) is 40.9 Å². The van der Waals surface area contributed by atoms with Crippen molar-refractivity contribution >= 4 is 29.2 Å². The third-order valence-corrected chi connectivity index (χ3v) is 4.63. The van der Waals surface area contributed by atoms with Gasteiger partial charge in [0.1, 0.15) is 0 Å². The summed E-state index contributed by atoms with van der Waals surface area (Å²) >= 11 is 6.17. The molecule has 0 bridgehead atoms. The van der Waals surface area contributed by atoms with Gasteiger partial charge in [0.25, 0.3) is 5.91 Å². The van der Waals surface area contributed by atoms with E-state index >= 15 is 0 Å². The smallest absolute Gasteiger partial charge is 0.319 e. The normalized spacial score (nSPS) is 19.6. The average Bonchev–Trinajstić information content (AvgIpc) is 3.38. The number of halogens is 1. The van der Waals surface area contributed by atoms with Gasteiger partial charge in [-0.05, 0) is 56.2 Å². The van der Waals surface area contributed by atoms with Gasteiger partial charge in [-0.2, -0.15) is 0 Å². The fourth-order valence-corrected chi connectivity index (χ4v) is 2.99. The maximum atomic E-state index is 12.0. The quantitative estimate of drug-likeness (QED) is 0.710. The van der Waals surface area contributed by atoms with E-state index in [4.69, 9.17) is 11.6 Å². The van der Waals surface area contributed by atoms with Crippen molar-refractivity contribution in [2.45, 2.75) is 38.1 Å². The van der Waals surface area contributed by atoms with Gasteiger partial charge in [0.05, 0.1) is 10.6 Å². The van der Waals surface area contributed by atoms with Gasteiger partial charge in [-0.1, -0.05) is 23.8 Å². The molecule has 1 fully saturated rings. The molecule has 5 nitrogen and oxygen atoms in total. The van der Waals surface area contributed by atoms with Crippen molar-refractivity contribution in [1.82, 2.24) is 10.6 Å². The number of carbonyl (C=O) groups is 2. The Morgan fingerprint density at radius 1 is 1.17 bits per heavy atom. The van der Waals surface area contributed by atoms with Crippen LogP contribution in [0.1, 0.15) is 42.5 Å². The maximum absolute atomic E-state index is 12.0. The lowest BCUT2D eigenvalue weighted by Crippen LogP contribution is -2.33. The zero-order valence-electron chi connectivity index (χ0n) is 13.5. The highest BCUT2D eigenvalue weighted by atomic mass is 35.5. The summed E-state index contributed by atoms with van der Waals surface area (Å²) in [4.78, 5) is 24.0. The first-order valence-corrected chi connectivity index (χ1v) is 8.80. The van der Waals surface area contributed by atoms with Gasteiger partial charge in [0.15, 0.2) is 0 Å². The van der Waals surface area contributed by atoms with E-state index in [1.54, 1.807) is 18.2 Å². The predicted molar refractivity (Wildman–Crippen MR) is 95.4 cm³/mol. The molecular formula is C18H22ClN3O2. The molecule has 2 aliphatic rings. The van der Waals surface area contributed by atoms with E-state index in [2.05, 4.69) is 28.1 Å². The van der Waals surface area contributed by atoms with Crippen molar-refractivity contribution < 1.29 is 9.59 Å². The molecule has 3 amide bonds. The lowest BCUT2D eigenvalue weighted by molar-refractivity contribution is 0.0951. The summed E-state index contributed by atoms with van der Waals surface area (Å²) < 4.78 is 0. The topological polar surface area (TPSA) is 70.2 Å². The summed E-state index contributed by atoms with van der Waals surface area (Å²) in [5.74, 6) is 0.335. The predicted octanol–water partition coefficient (Wildman–Crippen LogP) is 3.71. The van der Waals surface area contributed by atoms with Gasteiger partial charge in [-0.25, -0.2) is 4.79 Å². The van der Waals surface area contributed by atoms with Crippen LogP contribution < -0.4 is 16.0 Å². The zero-order valence-corrected chi connectivity index (χ0v) is 14.2. The molecule has 0 radical (unpaired) electrons. The van der Waals surface area contributed by atoms with E-state index in [9.17, 15) is 9.59 Å². The number of amides is 3. The second-order valence-electron chi connectivity index (χ2n) is 6.43. The molecule has 24 heavy (non-hydrogen) atoms. The molecule has 6 heteroatoms. The monoisotopic (exact) mass is 347 g/mol. The van der Waals surface area contributed by atoms with E-state index in [1.165, 1.54) is 0 Å². The van der Waals surface area contributed by atoms with E-state index in [0.29, 0.717) is 28.7 Å². The number of urea groups is 1. The minimum atomic E-state index is -0.254. The van der Waals surface area contributed by atoms with Crippen molar-refractivity contribution in [1.29, 1.82) is 0 Å². The highest BCUT2D eigenvalue weighted by molar-refractivity contribution is 6.34. The van der Waals surface area contributed by atoms with Crippen LogP contribution in [0.4, 0.5) is 10.5 Å². The highest BCUT2D eigenvalue weighted by Gasteiger charge is 2.24. The number of hydrogen-bond acceptors (Lipinski definition) is 2. The third kappa shape index (κ3) is 4.74. The molecular weight excluding hydrogens is 326 g/mol. The van der Waals surface area contributed by atoms with Crippen molar-refractivity contribution in [3.63, 3.8) is 0 Å². The summed E-state index contributed by atoms with van der Waals surface area (Å²) in [6.07, 6.45) is 9.59. The zero-order chi connectivity index (χ0) is 16.9. The Labute approximate surface area is 146 Å². The molecule has 0 aliphatic heterocycles. The maximum Gasteiger partial charge on any atom is 0.319 e. The molecule has 0 spiro atoms. The van der Waals surface area contributed by atoms with E-state index in [0.717, 1.165) is 32.1 Å². The molecule has 0 unspecified atom stereocenters. The Balaban J connectivity index is 1.50. The molecule has 1 aromatic rings. The fraction of sp³-hybridized carbons (Fsp3) is 0.444. The van der Waals surface area contributed by atoms with Crippen LogP contribution in [0.25, 0.3) is 0 Å². The number of allylic oxidation sites excluding steroid dienone is 2. The van der Waals surface area contributed by atoms with Gasteiger partial charge in [0.2, 0.25) is 0 Å². The Morgan fingerprint density at radius 3 is 2.67 bits per heavy atom. The standard InChI is InChI=1S/C18H22ClN3O2/c19-16-10-14(8-9-15(16)17(23)21-13-6-7-13)22-18(24)20-11-12-4-2-1-3-5-12/h1-2,8-10,12-13H,3-7,11H2,(H,21,23)(H2,20,22,24)/t12-/m1/s1. The van der Waals surface area contributed by atoms with Crippen LogP contribution in [0, 0.1) is 5.92 Å². The molecule has 1 atom stereocenters. The van der Waals surface area contributed by atoms with Gasteiger partial charge in [-0.3, -0.25) is 4.79 Å². The SMILES string of the molecule is O=C(NC[C@@H]1CC=CCC1)Nc1ccc(C(=O)NC2CC2)c(Cl)c1. The van der Waals surface area contributed by atoms with Gasteiger partial charge in [-0.15, -0.1) is 0 Å². The fourth-order valence-electron chi connectivity index (χ4n) is 2.72. The lowest BCUT2D eigenvalue weighted by atomic mass is 9.94. The summed E-state index contributed by atoms with van der Waals surface area (Å²) in [6, 6.07) is 4.97. The first kappa shape index (κ1) is 16.8. The Bertz CT molecular complexity index is 656. The molecule has 0 saturated heterocycles. The van der Waals surface area contributed by atoms with Crippen LogP contribution >= 0.6 is 11.6 Å². The van der Waals surface area contributed by atoms with E-state index in [1.807, 2.05) is 0 Å². The van der Waals surface area contributed by atoms with Crippen molar-refractivity contribution in [2.24, 2.45) is 5.92 Å². The van der Waals surface area contributed by atoms with Gasteiger partial charge >= 0.3 is 6.03 Å². The van der Waals surface area contributed by atoms with Crippen LogP contribution in [0.15, 0.2) is 30.4 Å². The Morgan fingerprint density at radius 2 is 2.00 bits per heavy atom. The minimum absolute atomic E-state index is 0.163. The first-order chi connectivity index (χ1) is 11.6. The average molecular weight is 348 g/mol. The molecule has 2 aliphatic carbocycles. The lowest BCUT2D eigenvalue weighted by Gasteiger charge is -2.18. The van der Waals surface area contributed by atoms with Crippen LogP contribution in [-0.4, -0.2) is 24.5 Å². The summed E-state index contributed by atoms with van der Waals surface area (Å²) in [7, 11) is 0. The van der Waals surface area contributed by atoms with Gasteiger partial charge < -0.3 is 16.0 Å². The molecule has 128 valence electrons. The van der Waals surface area contributed by atoms with Crippen LogP contribution in [-0.2, 0) is 0 Å². The van der Waals surface area contributed by atoms with Gasteiger partial charge in [0, 0.05) is 18.3 Å². The Kier molecular flexibility index (Phi) is 5.41. The van der Waals surface area contributed by atoms with Crippen molar-refractivity contribution in [3.8, 4) is 0 Å². The molecule has 3 rings (SSSR count). The number of nitrogens with one attached hydrogen (secondary N) is 3. The summed E-state index contributed by atoms with van der Waals surface area (Å²) in [5.41, 5.74) is 1.01. The number of benzene rings is 1. The van der Waals surface area contributed by atoms with Crippen LogP contribution in [0.2, 0.25) is 5.02 Å².